The van der Waals surface area contributed by atoms with E-state index in [4.69, 9.17) is 14.2 Å². The highest BCUT2D eigenvalue weighted by molar-refractivity contribution is 5.86. The van der Waals surface area contributed by atoms with Gasteiger partial charge >= 0.3 is 0 Å². The first kappa shape index (κ1) is 15.9. The van der Waals surface area contributed by atoms with Crippen molar-refractivity contribution in [3.8, 4) is 17.2 Å². The van der Waals surface area contributed by atoms with Crippen molar-refractivity contribution in [2.24, 2.45) is 5.10 Å². The molecule has 3 rings (SSSR count). The average Bonchev–Trinajstić information content (AvgIpc) is 2.63. The Morgan fingerprint density at radius 3 is 2.83 bits per heavy atom. The molecule has 1 heterocycles. The number of hydrazone groups is 1. The molecule has 1 atom stereocenters. The molecule has 0 fully saturated rings. The molecule has 1 amide bonds. The van der Waals surface area contributed by atoms with Crippen molar-refractivity contribution in [1.82, 2.24) is 5.43 Å². The molecular weight excluding hydrogens is 308 g/mol. The van der Waals surface area contributed by atoms with Crippen LogP contribution in [-0.2, 0) is 4.79 Å². The van der Waals surface area contributed by atoms with Gasteiger partial charge in [0.2, 0.25) is 6.10 Å². The average molecular weight is 326 g/mol. The molecule has 2 aromatic carbocycles. The van der Waals surface area contributed by atoms with Crippen LogP contribution < -0.4 is 19.6 Å². The van der Waals surface area contributed by atoms with E-state index in [1.807, 2.05) is 43.3 Å². The van der Waals surface area contributed by atoms with Crippen molar-refractivity contribution in [2.45, 2.75) is 13.0 Å². The maximum Gasteiger partial charge on any atom is 0.284 e. The van der Waals surface area contributed by atoms with E-state index in [-0.39, 0.29) is 12.5 Å². The lowest BCUT2D eigenvalue weighted by atomic mass is 10.2. The minimum Gasteiger partial charge on any atom is -0.493 e. The number of carbonyl (C=O) groups excluding carboxylic acids is 1. The van der Waals surface area contributed by atoms with Gasteiger partial charge in [0.1, 0.15) is 12.4 Å². The summed E-state index contributed by atoms with van der Waals surface area (Å²) in [5.41, 5.74) is 3.25. The molecule has 2 aromatic rings. The lowest BCUT2D eigenvalue weighted by molar-refractivity contribution is -0.130. The van der Waals surface area contributed by atoms with E-state index in [1.54, 1.807) is 18.3 Å². The monoisotopic (exact) mass is 326 g/mol. The number of fused-ring (bicyclic) bond motifs is 1. The van der Waals surface area contributed by atoms with Gasteiger partial charge in [-0.25, -0.2) is 5.43 Å². The highest BCUT2D eigenvalue weighted by Gasteiger charge is 2.26. The minimum atomic E-state index is -0.737. The van der Waals surface area contributed by atoms with E-state index < -0.39 is 6.10 Å². The topological polar surface area (TPSA) is 69.2 Å². The third-order valence-electron chi connectivity index (χ3n) is 3.40. The van der Waals surface area contributed by atoms with E-state index in [2.05, 4.69) is 10.5 Å². The molecular formula is C18H18N2O4. The van der Waals surface area contributed by atoms with E-state index >= 15 is 0 Å². The molecule has 0 radical (unpaired) electrons. The molecule has 24 heavy (non-hydrogen) atoms. The maximum absolute atomic E-state index is 12.1. The Bertz CT molecular complexity index is 745. The Morgan fingerprint density at radius 1 is 1.25 bits per heavy atom. The number of carbonyl (C=O) groups is 1. The number of para-hydroxylation sites is 3. The van der Waals surface area contributed by atoms with Crippen molar-refractivity contribution in [2.75, 3.05) is 13.2 Å². The summed E-state index contributed by atoms with van der Waals surface area (Å²) >= 11 is 0. The third kappa shape index (κ3) is 3.65. The fourth-order valence-corrected chi connectivity index (χ4v) is 2.26. The zero-order valence-corrected chi connectivity index (χ0v) is 13.3. The predicted octanol–water partition coefficient (Wildman–Crippen LogP) is 2.38. The quantitative estimate of drug-likeness (QED) is 0.676. The Labute approximate surface area is 140 Å². The number of rotatable bonds is 5. The fourth-order valence-electron chi connectivity index (χ4n) is 2.26. The number of hydrogen-bond acceptors (Lipinski definition) is 5. The van der Waals surface area contributed by atoms with Gasteiger partial charge in [0, 0.05) is 5.56 Å². The first-order chi connectivity index (χ1) is 11.8. The van der Waals surface area contributed by atoms with Crippen LogP contribution in [0, 0.1) is 0 Å². The zero-order valence-electron chi connectivity index (χ0n) is 13.3. The SMILES string of the molecule is CCOc1ccccc1/C=N\NC(=O)[C@H]1COc2ccccc2O1. The summed E-state index contributed by atoms with van der Waals surface area (Å²) in [5, 5.41) is 3.98. The summed E-state index contributed by atoms with van der Waals surface area (Å²) in [6.07, 6.45) is 0.805. The molecule has 1 aliphatic rings. The molecule has 0 unspecified atom stereocenters. The molecule has 0 spiro atoms. The molecule has 6 heteroatoms. The summed E-state index contributed by atoms with van der Waals surface area (Å²) < 4.78 is 16.6. The first-order valence-electron chi connectivity index (χ1n) is 7.71. The van der Waals surface area contributed by atoms with Gasteiger partial charge in [0.15, 0.2) is 11.5 Å². The van der Waals surface area contributed by atoms with Crippen molar-refractivity contribution >= 4 is 12.1 Å². The lowest BCUT2D eigenvalue weighted by Gasteiger charge is -2.24. The molecule has 1 aliphatic heterocycles. The summed E-state index contributed by atoms with van der Waals surface area (Å²) in [4.78, 5) is 12.1. The van der Waals surface area contributed by atoms with Gasteiger partial charge < -0.3 is 14.2 Å². The Balaban J connectivity index is 1.60. The van der Waals surface area contributed by atoms with Crippen LogP contribution in [0.1, 0.15) is 12.5 Å². The van der Waals surface area contributed by atoms with Crippen LogP contribution in [-0.4, -0.2) is 31.4 Å². The summed E-state index contributed by atoms with van der Waals surface area (Å²) in [5.74, 6) is 1.53. The van der Waals surface area contributed by atoms with E-state index in [0.717, 1.165) is 5.56 Å². The number of benzene rings is 2. The van der Waals surface area contributed by atoms with Crippen LogP contribution in [0.15, 0.2) is 53.6 Å². The van der Waals surface area contributed by atoms with Crippen molar-refractivity contribution in [3.05, 3.63) is 54.1 Å². The van der Waals surface area contributed by atoms with Gasteiger partial charge in [-0.1, -0.05) is 24.3 Å². The maximum atomic E-state index is 12.1. The number of hydrogen-bond donors (Lipinski definition) is 1. The van der Waals surface area contributed by atoms with E-state index in [0.29, 0.717) is 23.9 Å². The number of ether oxygens (including phenoxy) is 3. The van der Waals surface area contributed by atoms with E-state index in [9.17, 15) is 4.79 Å². The van der Waals surface area contributed by atoms with Gasteiger partial charge in [-0.15, -0.1) is 0 Å². The minimum absolute atomic E-state index is 0.147. The van der Waals surface area contributed by atoms with Crippen LogP contribution in [0.4, 0.5) is 0 Å². The number of nitrogens with one attached hydrogen (secondary N) is 1. The van der Waals surface area contributed by atoms with Crippen molar-refractivity contribution in [3.63, 3.8) is 0 Å². The first-order valence-corrected chi connectivity index (χ1v) is 7.71. The van der Waals surface area contributed by atoms with Gasteiger partial charge in [-0.2, -0.15) is 5.10 Å². The van der Waals surface area contributed by atoms with Crippen LogP contribution in [0.5, 0.6) is 17.2 Å². The molecule has 0 saturated heterocycles. The van der Waals surface area contributed by atoms with Gasteiger partial charge in [-0.05, 0) is 31.2 Å². The standard InChI is InChI=1S/C18H18N2O4/c1-2-22-14-8-4-3-7-13(14)11-19-20-18(21)17-12-23-15-9-5-6-10-16(15)24-17/h3-11,17H,2,12H2,1H3,(H,20,21)/b19-11-/t17-/m1/s1. The van der Waals surface area contributed by atoms with Crippen LogP contribution >= 0.6 is 0 Å². The molecule has 124 valence electrons. The molecule has 0 bridgehead atoms. The fraction of sp³-hybridized carbons (Fsp3) is 0.222. The highest BCUT2D eigenvalue weighted by Crippen LogP contribution is 2.30. The van der Waals surface area contributed by atoms with Crippen LogP contribution in [0.2, 0.25) is 0 Å². The van der Waals surface area contributed by atoms with E-state index in [1.165, 1.54) is 0 Å². The second-order valence-corrected chi connectivity index (χ2v) is 5.07. The van der Waals surface area contributed by atoms with Gasteiger partial charge in [0.25, 0.3) is 5.91 Å². The third-order valence-corrected chi connectivity index (χ3v) is 3.40. The second-order valence-electron chi connectivity index (χ2n) is 5.07. The molecule has 0 aliphatic carbocycles. The Kier molecular flexibility index (Phi) is 4.96. The Morgan fingerprint density at radius 2 is 2.00 bits per heavy atom. The zero-order chi connectivity index (χ0) is 16.8. The number of nitrogens with zero attached hydrogens (tertiary/aromatic N) is 1. The highest BCUT2D eigenvalue weighted by atomic mass is 16.6. The lowest BCUT2D eigenvalue weighted by Crippen LogP contribution is -2.42. The Hall–Kier alpha value is -3.02. The predicted molar refractivity (Wildman–Crippen MR) is 89.7 cm³/mol. The largest absolute Gasteiger partial charge is 0.493 e. The summed E-state index contributed by atoms with van der Waals surface area (Å²) in [6, 6.07) is 14.7. The van der Waals surface area contributed by atoms with Gasteiger partial charge in [-0.3, -0.25) is 4.79 Å². The summed E-state index contributed by atoms with van der Waals surface area (Å²) in [6.45, 7) is 2.62. The van der Waals surface area contributed by atoms with Crippen molar-refractivity contribution in [1.29, 1.82) is 0 Å². The normalized spacial score (nSPS) is 16.0. The molecule has 0 aromatic heterocycles. The van der Waals surface area contributed by atoms with Crippen LogP contribution in [0.25, 0.3) is 0 Å². The smallest absolute Gasteiger partial charge is 0.284 e. The van der Waals surface area contributed by atoms with Gasteiger partial charge in [0.05, 0.1) is 12.8 Å². The molecule has 0 saturated carbocycles. The second kappa shape index (κ2) is 7.50. The molecule has 6 nitrogen and oxygen atoms in total. The molecule has 1 N–H and O–H groups in total. The summed E-state index contributed by atoms with van der Waals surface area (Å²) in [7, 11) is 0. The van der Waals surface area contributed by atoms with Crippen LogP contribution in [0.3, 0.4) is 0 Å². The number of amides is 1. The van der Waals surface area contributed by atoms with Crippen molar-refractivity contribution < 1.29 is 19.0 Å².